The highest BCUT2D eigenvalue weighted by molar-refractivity contribution is 6.01. The Balaban J connectivity index is 2.62. The fourth-order valence-electron chi connectivity index (χ4n) is 1.73. The van der Waals surface area contributed by atoms with Crippen molar-refractivity contribution < 1.29 is 14.4 Å². The number of nitrogens with zero attached hydrogens (tertiary/aromatic N) is 1. The van der Waals surface area contributed by atoms with E-state index in [9.17, 15) is 9.18 Å². The van der Waals surface area contributed by atoms with Crippen molar-refractivity contribution in [2.45, 2.75) is 26.3 Å². The molecule has 0 saturated carbocycles. The molecule has 0 aliphatic carbocycles. The second-order valence-electron chi connectivity index (χ2n) is 4.21. The van der Waals surface area contributed by atoms with Crippen LogP contribution in [0.4, 0.5) is 4.39 Å². The average molecular weight is 267 g/mol. The van der Waals surface area contributed by atoms with Crippen molar-refractivity contribution in [1.82, 2.24) is 5.32 Å². The van der Waals surface area contributed by atoms with Gasteiger partial charge in [-0.25, -0.2) is 4.39 Å². The van der Waals surface area contributed by atoms with Gasteiger partial charge in [0.15, 0.2) is 5.84 Å². The molecule has 1 atom stereocenters. The molecule has 19 heavy (non-hydrogen) atoms. The minimum atomic E-state index is -0.663. The molecule has 0 heterocycles. The zero-order chi connectivity index (χ0) is 14.3. The summed E-state index contributed by atoms with van der Waals surface area (Å²) in [7, 11) is 0. The largest absolute Gasteiger partial charge is 0.409 e. The van der Waals surface area contributed by atoms with E-state index in [1.54, 1.807) is 12.1 Å². The molecule has 1 amide bonds. The summed E-state index contributed by atoms with van der Waals surface area (Å²) in [5.74, 6) is -1.46. The van der Waals surface area contributed by atoms with Gasteiger partial charge in [0.05, 0.1) is 5.92 Å². The summed E-state index contributed by atoms with van der Waals surface area (Å²) >= 11 is 0. The van der Waals surface area contributed by atoms with Crippen LogP contribution in [0.5, 0.6) is 0 Å². The maximum absolute atomic E-state index is 13.0. The molecule has 1 rings (SSSR count). The number of halogens is 1. The lowest BCUT2D eigenvalue weighted by atomic mass is 10.0. The molecule has 0 fully saturated rings. The van der Waals surface area contributed by atoms with Crippen LogP contribution in [-0.2, 0) is 11.3 Å². The summed E-state index contributed by atoms with van der Waals surface area (Å²) in [6.45, 7) is 2.10. The quantitative estimate of drug-likeness (QED) is 0.316. The lowest BCUT2D eigenvalue weighted by Crippen LogP contribution is -2.38. The first-order chi connectivity index (χ1) is 9.08. The van der Waals surface area contributed by atoms with Crippen molar-refractivity contribution in [3.63, 3.8) is 0 Å². The number of rotatable bonds is 6. The Hall–Kier alpha value is -2.11. The molecule has 6 heteroatoms. The second kappa shape index (κ2) is 7.35. The molecule has 5 nitrogen and oxygen atoms in total. The predicted octanol–water partition coefficient (Wildman–Crippen LogP) is 1.60. The predicted molar refractivity (Wildman–Crippen MR) is 70.1 cm³/mol. The molecule has 0 spiro atoms. The summed E-state index contributed by atoms with van der Waals surface area (Å²) in [5, 5.41) is 14.2. The van der Waals surface area contributed by atoms with Gasteiger partial charge in [0.1, 0.15) is 5.82 Å². The number of amides is 1. The number of benzene rings is 1. The summed E-state index contributed by atoms with van der Waals surface area (Å²) in [6, 6.07) is 5.96. The number of oxime groups is 1. The van der Waals surface area contributed by atoms with Gasteiger partial charge in [0.25, 0.3) is 0 Å². The zero-order valence-electron chi connectivity index (χ0n) is 10.8. The van der Waals surface area contributed by atoms with Crippen LogP contribution in [0.2, 0.25) is 0 Å². The molecule has 0 aliphatic rings. The van der Waals surface area contributed by atoms with Gasteiger partial charge in [-0.1, -0.05) is 30.6 Å². The molecule has 0 aliphatic heterocycles. The first kappa shape index (κ1) is 14.9. The van der Waals surface area contributed by atoms with Gasteiger partial charge in [-0.3, -0.25) is 4.79 Å². The minimum Gasteiger partial charge on any atom is -0.409 e. The lowest BCUT2D eigenvalue weighted by Gasteiger charge is -2.14. The molecule has 1 aromatic carbocycles. The molecular formula is C13H18FN3O2. The molecule has 1 aromatic rings. The Bertz CT molecular complexity index is 463. The van der Waals surface area contributed by atoms with Crippen LogP contribution >= 0.6 is 0 Å². The van der Waals surface area contributed by atoms with E-state index in [-0.39, 0.29) is 24.1 Å². The smallest absolute Gasteiger partial charge is 0.231 e. The second-order valence-corrected chi connectivity index (χ2v) is 4.21. The first-order valence-corrected chi connectivity index (χ1v) is 6.08. The highest BCUT2D eigenvalue weighted by atomic mass is 19.1. The van der Waals surface area contributed by atoms with Crippen molar-refractivity contribution in [3.05, 3.63) is 35.6 Å². The van der Waals surface area contributed by atoms with Crippen molar-refractivity contribution in [2.75, 3.05) is 0 Å². The summed E-state index contributed by atoms with van der Waals surface area (Å²) in [4.78, 5) is 11.9. The van der Waals surface area contributed by atoms with Crippen LogP contribution < -0.4 is 11.1 Å². The van der Waals surface area contributed by atoms with Crippen LogP contribution in [0.15, 0.2) is 29.4 Å². The molecule has 1 unspecified atom stereocenters. The van der Waals surface area contributed by atoms with Crippen LogP contribution in [0, 0.1) is 11.7 Å². The standard InChI is InChI=1S/C13H18FN3O2/c1-2-4-11(12(15)17-19)13(18)16-8-9-5-3-6-10(14)7-9/h3,5-7,11,19H,2,4,8H2,1H3,(H2,15,17)(H,16,18). The monoisotopic (exact) mass is 267 g/mol. The van der Waals surface area contributed by atoms with Crippen molar-refractivity contribution in [2.24, 2.45) is 16.8 Å². The van der Waals surface area contributed by atoms with Crippen molar-refractivity contribution in [3.8, 4) is 0 Å². The summed E-state index contributed by atoms with van der Waals surface area (Å²) < 4.78 is 13.0. The normalized spacial score (nSPS) is 13.1. The molecule has 0 aromatic heterocycles. The third-order valence-corrected chi connectivity index (χ3v) is 2.72. The fourth-order valence-corrected chi connectivity index (χ4v) is 1.73. The summed E-state index contributed by atoms with van der Waals surface area (Å²) in [5.41, 5.74) is 6.13. The molecular weight excluding hydrogens is 249 g/mol. The number of amidine groups is 1. The van der Waals surface area contributed by atoms with E-state index < -0.39 is 5.92 Å². The number of carbonyl (C=O) groups excluding carboxylic acids is 1. The van der Waals surface area contributed by atoms with Crippen LogP contribution in [-0.4, -0.2) is 17.0 Å². The highest BCUT2D eigenvalue weighted by Crippen LogP contribution is 2.08. The number of hydrogen-bond acceptors (Lipinski definition) is 3. The highest BCUT2D eigenvalue weighted by Gasteiger charge is 2.21. The van der Waals surface area contributed by atoms with Crippen molar-refractivity contribution in [1.29, 1.82) is 0 Å². The van der Waals surface area contributed by atoms with E-state index >= 15 is 0 Å². The van der Waals surface area contributed by atoms with Crippen molar-refractivity contribution >= 4 is 11.7 Å². The fraction of sp³-hybridized carbons (Fsp3) is 0.385. The summed E-state index contributed by atoms with van der Waals surface area (Å²) in [6.07, 6.45) is 1.22. The number of nitrogens with two attached hydrogens (primary N) is 1. The lowest BCUT2D eigenvalue weighted by molar-refractivity contribution is -0.123. The van der Waals surface area contributed by atoms with E-state index in [2.05, 4.69) is 10.5 Å². The van der Waals surface area contributed by atoms with Gasteiger partial charge in [-0.15, -0.1) is 0 Å². The third kappa shape index (κ3) is 4.57. The number of nitrogens with one attached hydrogen (secondary N) is 1. The maximum atomic E-state index is 13.0. The first-order valence-electron chi connectivity index (χ1n) is 6.08. The SMILES string of the molecule is CCCC(C(=O)NCc1cccc(F)c1)C(N)=NO. The molecule has 0 bridgehead atoms. The van der Waals surface area contributed by atoms with Gasteiger partial charge < -0.3 is 16.3 Å². The Morgan fingerprint density at radius 2 is 2.32 bits per heavy atom. The number of carbonyl (C=O) groups is 1. The maximum Gasteiger partial charge on any atom is 0.231 e. The van der Waals surface area contributed by atoms with Gasteiger partial charge >= 0.3 is 0 Å². The Morgan fingerprint density at radius 3 is 2.89 bits per heavy atom. The number of hydrogen-bond donors (Lipinski definition) is 3. The topological polar surface area (TPSA) is 87.7 Å². The Morgan fingerprint density at radius 1 is 1.58 bits per heavy atom. The average Bonchev–Trinajstić information content (AvgIpc) is 2.41. The van der Waals surface area contributed by atoms with Crippen LogP contribution in [0.1, 0.15) is 25.3 Å². The molecule has 104 valence electrons. The molecule has 4 N–H and O–H groups in total. The zero-order valence-corrected chi connectivity index (χ0v) is 10.8. The van der Waals surface area contributed by atoms with Gasteiger partial charge in [0.2, 0.25) is 5.91 Å². The van der Waals surface area contributed by atoms with E-state index in [1.165, 1.54) is 12.1 Å². The van der Waals surface area contributed by atoms with Gasteiger partial charge in [0, 0.05) is 6.54 Å². The van der Waals surface area contributed by atoms with Crippen LogP contribution in [0.3, 0.4) is 0 Å². The van der Waals surface area contributed by atoms with Crippen LogP contribution in [0.25, 0.3) is 0 Å². The Kier molecular flexibility index (Phi) is 5.78. The Labute approximate surface area is 111 Å². The van der Waals surface area contributed by atoms with Gasteiger partial charge in [-0.2, -0.15) is 0 Å². The molecule has 0 saturated heterocycles. The van der Waals surface area contributed by atoms with E-state index in [1.807, 2.05) is 6.92 Å². The van der Waals surface area contributed by atoms with E-state index in [0.29, 0.717) is 12.0 Å². The van der Waals surface area contributed by atoms with Gasteiger partial charge in [-0.05, 0) is 24.1 Å². The van der Waals surface area contributed by atoms with E-state index in [0.717, 1.165) is 6.42 Å². The van der Waals surface area contributed by atoms with E-state index in [4.69, 9.17) is 10.9 Å². The third-order valence-electron chi connectivity index (χ3n) is 2.72. The minimum absolute atomic E-state index is 0.112. The molecule has 0 radical (unpaired) electrons.